The zero-order chi connectivity index (χ0) is 11.5. The third kappa shape index (κ3) is 1.80. The van der Waals surface area contributed by atoms with Gasteiger partial charge in [-0.2, -0.15) is 0 Å². The summed E-state index contributed by atoms with van der Waals surface area (Å²) in [6.07, 6.45) is 8.93. The molecule has 1 aliphatic carbocycles. The van der Waals surface area contributed by atoms with Crippen LogP contribution in [0.1, 0.15) is 12.8 Å². The summed E-state index contributed by atoms with van der Waals surface area (Å²) in [7, 11) is 0. The number of hydrogen-bond acceptors (Lipinski definition) is 3. The van der Waals surface area contributed by atoms with Gasteiger partial charge in [0.1, 0.15) is 0 Å². The number of fused-ring (bicyclic) bond motifs is 1. The van der Waals surface area contributed by atoms with Crippen molar-refractivity contribution in [2.24, 2.45) is 17.6 Å². The van der Waals surface area contributed by atoms with Gasteiger partial charge in [-0.25, -0.2) is 0 Å². The molecule has 4 nitrogen and oxygen atoms in total. The molecular weight excluding hydrogens is 204 g/mol. The highest BCUT2D eigenvalue weighted by Crippen LogP contribution is 2.34. The van der Waals surface area contributed by atoms with E-state index in [-0.39, 0.29) is 23.7 Å². The monoisotopic (exact) mass is 220 g/mol. The number of amides is 2. The van der Waals surface area contributed by atoms with Gasteiger partial charge >= 0.3 is 0 Å². The molecule has 1 heterocycles. The van der Waals surface area contributed by atoms with E-state index in [2.05, 4.69) is 0 Å². The Morgan fingerprint density at radius 2 is 1.75 bits per heavy atom. The number of allylic oxidation sites excluding steroid dienone is 2. The lowest BCUT2D eigenvalue weighted by Gasteiger charge is -2.14. The maximum atomic E-state index is 12.0. The van der Waals surface area contributed by atoms with Crippen LogP contribution in [0, 0.1) is 11.8 Å². The second-order valence-electron chi connectivity index (χ2n) is 4.15. The molecule has 2 aliphatic rings. The summed E-state index contributed by atoms with van der Waals surface area (Å²) < 4.78 is 0. The van der Waals surface area contributed by atoms with Gasteiger partial charge in [-0.05, 0) is 12.8 Å². The van der Waals surface area contributed by atoms with E-state index in [0.29, 0.717) is 25.9 Å². The lowest BCUT2D eigenvalue weighted by Crippen LogP contribution is -2.31. The van der Waals surface area contributed by atoms with Crippen molar-refractivity contribution in [1.82, 2.24) is 4.90 Å². The van der Waals surface area contributed by atoms with Gasteiger partial charge < -0.3 is 5.73 Å². The first-order chi connectivity index (χ1) is 7.75. The van der Waals surface area contributed by atoms with E-state index in [1.165, 1.54) is 4.90 Å². The van der Waals surface area contributed by atoms with Gasteiger partial charge in [-0.3, -0.25) is 14.5 Å². The molecule has 2 amide bonds. The fourth-order valence-corrected chi connectivity index (χ4v) is 2.33. The number of likely N-dealkylation sites (tertiary alicyclic amines) is 1. The molecule has 1 saturated heterocycles. The van der Waals surface area contributed by atoms with Crippen LogP contribution in [0.25, 0.3) is 0 Å². The average Bonchev–Trinajstić information content (AvgIpc) is 2.55. The van der Waals surface area contributed by atoms with Crippen molar-refractivity contribution in [2.75, 3.05) is 13.1 Å². The van der Waals surface area contributed by atoms with Crippen LogP contribution >= 0.6 is 0 Å². The summed E-state index contributed by atoms with van der Waals surface area (Å²) in [5.74, 6) is -0.297. The number of hydrogen-bond donors (Lipinski definition) is 1. The van der Waals surface area contributed by atoms with Crippen molar-refractivity contribution in [2.45, 2.75) is 12.8 Å². The van der Waals surface area contributed by atoms with Crippen LogP contribution in [-0.2, 0) is 9.59 Å². The lowest BCUT2D eigenvalue weighted by atomic mass is 9.85. The summed E-state index contributed by atoms with van der Waals surface area (Å²) in [6, 6.07) is 0. The zero-order valence-corrected chi connectivity index (χ0v) is 9.13. The van der Waals surface area contributed by atoms with Gasteiger partial charge in [-0.1, -0.05) is 24.3 Å². The van der Waals surface area contributed by atoms with Gasteiger partial charge in [0.2, 0.25) is 11.8 Å². The van der Waals surface area contributed by atoms with E-state index in [1.54, 1.807) is 12.2 Å². The second kappa shape index (κ2) is 4.61. The highest BCUT2D eigenvalue weighted by Gasteiger charge is 2.46. The molecule has 16 heavy (non-hydrogen) atoms. The molecule has 0 radical (unpaired) electrons. The molecule has 0 aromatic rings. The minimum atomic E-state index is -0.122. The average molecular weight is 220 g/mol. The van der Waals surface area contributed by atoms with Crippen LogP contribution in [0.5, 0.6) is 0 Å². The van der Waals surface area contributed by atoms with E-state index >= 15 is 0 Å². The zero-order valence-electron chi connectivity index (χ0n) is 9.13. The molecule has 2 rings (SSSR count). The van der Waals surface area contributed by atoms with E-state index in [4.69, 9.17) is 5.73 Å². The van der Waals surface area contributed by atoms with Crippen LogP contribution in [0.4, 0.5) is 0 Å². The van der Waals surface area contributed by atoms with Crippen molar-refractivity contribution in [3.05, 3.63) is 24.3 Å². The lowest BCUT2D eigenvalue weighted by molar-refractivity contribution is -0.139. The molecule has 0 aromatic heterocycles. The molecule has 1 fully saturated rings. The minimum absolute atomic E-state index is 0.0268. The second-order valence-corrected chi connectivity index (χ2v) is 4.15. The Morgan fingerprint density at radius 3 is 2.25 bits per heavy atom. The molecule has 0 unspecified atom stereocenters. The quantitative estimate of drug-likeness (QED) is 0.555. The minimum Gasteiger partial charge on any atom is -0.327 e. The first-order valence-electron chi connectivity index (χ1n) is 5.61. The number of carbonyl (C=O) groups is 2. The van der Waals surface area contributed by atoms with Gasteiger partial charge in [0.05, 0.1) is 11.8 Å². The van der Waals surface area contributed by atoms with Gasteiger partial charge in [-0.15, -0.1) is 0 Å². The van der Waals surface area contributed by atoms with E-state index < -0.39 is 0 Å². The molecule has 1 aliphatic heterocycles. The predicted octanol–water partition coefficient (Wildman–Crippen LogP) is 0.452. The van der Waals surface area contributed by atoms with Gasteiger partial charge in [0.25, 0.3) is 0 Å². The summed E-state index contributed by atoms with van der Waals surface area (Å²) in [6.45, 7) is 0.798. The molecule has 2 atom stereocenters. The molecule has 4 heteroatoms. The smallest absolute Gasteiger partial charge is 0.233 e. The standard InChI is InChI=1S/C12H16N2O2/c13-7-3-4-8-14-11(15)9-5-1-2-6-10(9)12(14)16/h1-4,9-10H,5-8,13H2/b4-3+/t9-,10+. The SMILES string of the molecule is NC/C=C/CN1C(=O)[C@H]2CC=CC[C@H]2C1=O. The molecule has 0 bridgehead atoms. The Balaban J connectivity index is 2.08. The Hall–Kier alpha value is -1.42. The maximum Gasteiger partial charge on any atom is 0.233 e. The number of nitrogens with two attached hydrogens (primary N) is 1. The fraction of sp³-hybridized carbons (Fsp3) is 0.500. The highest BCUT2D eigenvalue weighted by molar-refractivity contribution is 6.05. The Morgan fingerprint density at radius 1 is 1.19 bits per heavy atom. The molecule has 2 N–H and O–H groups in total. The number of nitrogens with zero attached hydrogens (tertiary/aromatic N) is 1. The van der Waals surface area contributed by atoms with E-state index in [1.807, 2.05) is 12.2 Å². The van der Waals surface area contributed by atoms with E-state index in [9.17, 15) is 9.59 Å². The first-order valence-corrected chi connectivity index (χ1v) is 5.61. The van der Waals surface area contributed by atoms with Crippen LogP contribution in [0.3, 0.4) is 0 Å². The maximum absolute atomic E-state index is 12.0. The highest BCUT2D eigenvalue weighted by atomic mass is 16.2. The van der Waals surface area contributed by atoms with Crippen molar-refractivity contribution in [3.8, 4) is 0 Å². The molecule has 86 valence electrons. The van der Waals surface area contributed by atoms with Crippen LogP contribution in [0.15, 0.2) is 24.3 Å². The Labute approximate surface area is 94.8 Å². The number of carbonyl (C=O) groups excluding carboxylic acids is 2. The Kier molecular flexibility index (Phi) is 3.19. The predicted molar refractivity (Wildman–Crippen MR) is 60.3 cm³/mol. The summed E-state index contributed by atoms with van der Waals surface area (Å²) in [5, 5.41) is 0. The number of rotatable bonds is 3. The van der Waals surface area contributed by atoms with Crippen molar-refractivity contribution < 1.29 is 9.59 Å². The van der Waals surface area contributed by atoms with Crippen LogP contribution < -0.4 is 5.73 Å². The topological polar surface area (TPSA) is 63.4 Å². The molecule has 0 spiro atoms. The summed E-state index contributed by atoms with van der Waals surface area (Å²) in [4.78, 5) is 25.3. The summed E-state index contributed by atoms with van der Waals surface area (Å²) >= 11 is 0. The van der Waals surface area contributed by atoms with Crippen molar-refractivity contribution in [1.29, 1.82) is 0 Å². The van der Waals surface area contributed by atoms with Crippen molar-refractivity contribution in [3.63, 3.8) is 0 Å². The molecule has 0 saturated carbocycles. The first kappa shape index (κ1) is 11.1. The fourth-order valence-electron chi connectivity index (χ4n) is 2.33. The number of imide groups is 1. The van der Waals surface area contributed by atoms with E-state index in [0.717, 1.165) is 0 Å². The third-order valence-corrected chi connectivity index (χ3v) is 3.19. The Bertz CT molecular complexity index is 334. The summed E-state index contributed by atoms with van der Waals surface area (Å²) in [5.41, 5.74) is 5.31. The largest absolute Gasteiger partial charge is 0.327 e. The normalized spacial score (nSPS) is 29.2. The van der Waals surface area contributed by atoms with Gasteiger partial charge in [0.15, 0.2) is 0 Å². The van der Waals surface area contributed by atoms with Crippen molar-refractivity contribution >= 4 is 11.8 Å². The van der Waals surface area contributed by atoms with Crippen LogP contribution in [-0.4, -0.2) is 29.8 Å². The molecule has 0 aromatic carbocycles. The van der Waals surface area contributed by atoms with Crippen LogP contribution in [0.2, 0.25) is 0 Å². The molecular formula is C12H16N2O2. The third-order valence-electron chi connectivity index (χ3n) is 3.19. The van der Waals surface area contributed by atoms with Gasteiger partial charge in [0, 0.05) is 13.1 Å².